The largest absolute Gasteiger partial charge is 0.535 e. The Morgan fingerprint density at radius 3 is 2.69 bits per heavy atom. The fourth-order valence-electron chi connectivity index (χ4n) is 4.97. The lowest BCUT2D eigenvalue weighted by Gasteiger charge is -2.30. The van der Waals surface area contributed by atoms with Crippen LogP contribution in [0.5, 0.6) is 5.75 Å². The SMILES string of the molecule is CC(=O)c1cccc2c1OB(O)[C@@H](CC(=O)CC1CCC(NCc3cccnc3)CC1)C2. The van der Waals surface area contributed by atoms with E-state index >= 15 is 0 Å². The van der Waals surface area contributed by atoms with Crippen molar-refractivity contribution in [3.8, 4) is 5.75 Å². The van der Waals surface area contributed by atoms with Crippen LogP contribution in [0.1, 0.15) is 66.9 Å². The van der Waals surface area contributed by atoms with Crippen molar-refractivity contribution in [1.82, 2.24) is 10.3 Å². The Kier molecular flexibility index (Phi) is 7.38. The van der Waals surface area contributed by atoms with Gasteiger partial charge in [0.15, 0.2) is 5.78 Å². The number of hydrogen-bond donors (Lipinski definition) is 2. The van der Waals surface area contributed by atoms with Gasteiger partial charge in [0.2, 0.25) is 0 Å². The van der Waals surface area contributed by atoms with Gasteiger partial charge in [0, 0.05) is 43.6 Å². The minimum absolute atomic E-state index is 0.0888. The van der Waals surface area contributed by atoms with Crippen molar-refractivity contribution in [2.75, 3.05) is 0 Å². The highest BCUT2D eigenvalue weighted by atomic mass is 16.5. The van der Waals surface area contributed by atoms with Crippen LogP contribution >= 0.6 is 0 Å². The summed E-state index contributed by atoms with van der Waals surface area (Å²) in [7, 11) is -1.06. The lowest BCUT2D eigenvalue weighted by Crippen LogP contribution is -2.36. The van der Waals surface area contributed by atoms with E-state index in [1.165, 1.54) is 12.5 Å². The number of rotatable bonds is 8. The molecule has 0 saturated heterocycles. The number of para-hydroxylation sites is 1. The number of nitrogens with one attached hydrogen (secondary N) is 1. The summed E-state index contributed by atoms with van der Waals surface area (Å²) >= 11 is 0. The van der Waals surface area contributed by atoms with Crippen molar-refractivity contribution in [1.29, 1.82) is 0 Å². The first-order valence-corrected chi connectivity index (χ1v) is 11.6. The molecule has 1 atom stereocenters. The molecule has 1 aliphatic carbocycles. The third-order valence-electron chi connectivity index (χ3n) is 6.77. The second-order valence-corrected chi connectivity index (χ2v) is 9.23. The van der Waals surface area contributed by atoms with Gasteiger partial charge in [-0.1, -0.05) is 18.2 Å². The Bertz CT molecular complexity index is 944. The number of fused-ring (bicyclic) bond motifs is 1. The van der Waals surface area contributed by atoms with Gasteiger partial charge in [0.25, 0.3) is 0 Å². The van der Waals surface area contributed by atoms with Crippen LogP contribution in [0.15, 0.2) is 42.7 Å². The van der Waals surface area contributed by atoms with Crippen LogP contribution in [0.3, 0.4) is 0 Å². The molecule has 0 unspecified atom stereocenters. The molecule has 2 heterocycles. The van der Waals surface area contributed by atoms with Crippen molar-refractivity contribution in [3.63, 3.8) is 0 Å². The normalized spacial score (nSPS) is 22.7. The summed E-state index contributed by atoms with van der Waals surface area (Å²) in [6.07, 6.45) is 9.35. The number of pyridine rings is 1. The van der Waals surface area contributed by atoms with Crippen LogP contribution in [0.4, 0.5) is 0 Å². The third kappa shape index (κ3) is 5.64. The molecule has 0 amide bonds. The number of ketones is 2. The molecule has 0 radical (unpaired) electrons. The zero-order chi connectivity index (χ0) is 22.5. The average molecular weight is 434 g/mol. The van der Waals surface area contributed by atoms with Crippen LogP contribution in [0.25, 0.3) is 0 Å². The van der Waals surface area contributed by atoms with Gasteiger partial charge in [-0.05, 0) is 68.2 Å². The fraction of sp³-hybridized carbons (Fsp3) is 0.480. The lowest BCUT2D eigenvalue weighted by molar-refractivity contribution is -0.120. The maximum Gasteiger partial charge on any atom is 0.526 e. The molecule has 1 aliphatic heterocycles. The second kappa shape index (κ2) is 10.4. The van der Waals surface area contributed by atoms with Crippen LogP contribution in [0, 0.1) is 5.92 Å². The monoisotopic (exact) mass is 434 g/mol. The average Bonchev–Trinajstić information content (AvgIpc) is 2.79. The van der Waals surface area contributed by atoms with Crippen molar-refractivity contribution in [2.45, 2.75) is 70.3 Å². The highest BCUT2D eigenvalue weighted by Crippen LogP contribution is 2.37. The molecule has 7 heteroatoms. The van der Waals surface area contributed by atoms with Crippen molar-refractivity contribution in [3.05, 3.63) is 59.4 Å². The molecule has 2 N–H and O–H groups in total. The van der Waals surface area contributed by atoms with Gasteiger partial charge in [0.1, 0.15) is 11.5 Å². The Morgan fingerprint density at radius 1 is 1.16 bits per heavy atom. The summed E-state index contributed by atoms with van der Waals surface area (Å²) in [6.45, 7) is 2.32. The van der Waals surface area contributed by atoms with E-state index < -0.39 is 7.12 Å². The van der Waals surface area contributed by atoms with Gasteiger partial charge < -0.3 is 15.0 Å². The highest BCUT2D eigenvalue weighted by Gasteiger charge is 2.37. The maximum absolute atomic E-state index is 12.8. The molecular formula is C25H31BN2O4. The molecule has 6 nitrogen and oxygen atoms in total. The summed E-state index contributed by atoms with van der Waals surface area (Å²) < 4.78 is 5.67. The van der Waals surface area contributed by atoms with Crippen LogP contribution in [-0.4, -0.2) is 34.7 Å². The lowest BCUT2D eigenvalue weighted by atomic mass is 9.64. The van der Waals surface area contributed by atoms with E-state index in [2.05, 4.69) is 16.4 Å². The summed E-state index contributed by atoms with van der Waals surface area (Å²) in [4.78, 5) is 28.7. The molecule has 1 aromatic heterocycles. The molecule has 1 aromatic carbocycles. The minimum atomic E-state index is -1.06. The number of Topliss-reactive ketones (excluding diaryl/α,β-unsaturated/α-hetero) is 2. The zero-order valence-electron chi connectivity index (χ0n) is 18.6. The quantitative estimate of drug-likeness (QED) is 0.486. The first-order chi connectivity index (χ1) is 15.5. The van der Waals surface area contributed by atoms with E-state index in [1.54, 1.807) is 12.3 Å². The Morgan fingerprint density at radius 2 is 1.97 bits per heavy atom. The molecule has 1 saturated carbocycles. The molecule has 168 valence electrons. The molecule has 2 aliphatic rings. The Labute approximate surface area is 189 Å². The molecular weight excluding hydrogens is 403 g/mol. The number of nitrogens with zero attached hydrogens (tertiary/aromatic N) is 1. The van der Waals surface area contributed by atoms with Gasteiger partial charge in [0.05, 0.1) is 5.56 Å². The third-order valence-corrected chi connectivity index (χ3v) is 6.77. The van der Waals surface area contributed by atoms with Crippen molar-refractivity contribution >= 4 is 18.7 Å². The van der Waals surface area contributed by atoms with Crippen LogP contribution in [-0.2, 0) is 17.8 Å². The molecule has 2 aromatic rings. The maximum atomic E-state index is 12.8. The standard InChI is InChI=1S/C25H31BN2O4/c1-17(29)24-6-2-5-20-13-21(26(31)32-25(20)24)14-23(30)12-18-7-9-22(10-8-18)28-16-19-4-3-11-27-15-19/h2-6,11,15,18,21-22,28,31H,7-10,12-14,16H2,1H3/t18?,21-,22?/m1/s1. The summed E-state index contributed by atoms with van der Waals surface area (Å²) in [5.74, 6) is 0.713. The second-order valence-electron chi connectivity index (χ2n) is 9.23. The number of benzene rings is 1. The number of hydrogen-bond acceptors (Lipinski definition) is 6. The van der Waals surface area contributed by atoms with Gasteiger partial charge in [-0.2, -0.15) is 0 Å². The van der Waals surface area contributed by atoms with Gasteiger partial charge in [-0.25, -0.2) is 0 Å². The van der Waals surface area contributed by atoms with Crippen LogP contribution < -0.4 is 9.97 Å². The number of carbonyl (C=O) groups is 2. The van der Waals surface area contributed by atoms with Crippen LogP contribution in [0.2, 0.25) is 5.82 Å². The number of aromatic nitrogens is 1. The molecule has 32 heavy (non-hydrogen) atoms. The summed E-state index contributed by atoms with van der Waals surface area (Å²) in [6, 6.07) is 9.96. The molecule has 1 fully saturated rings. The van der Waals surface area contributed by atoms with E-state index in [1.807, 2.05) is 24.4 Å². The molecule has 0 bridgehead atoms. The highest BCUT2D eigenvalue weighted by molar-refractivity contribution is 6.47. The molecule has 4 rings (SSSR count). The first-order valence-electron chi connectivity index (χ1n) is 11.6. The van der Waals surface area contributed by atoms with E-state index in [-0.39, 0.29) is 17.4 Å². The minimum Gasteiger partial charge on any atom is -0.535 e. The Hall–Kier alpha value is -2.51. The predicted molar refractivity (Wildman–Crippen MR) is 124 cm³/mol. The van der Waals surface area contributed by atoms with Crippen molar-refractivity contribution in [2.24, 2.45) is 5.92 Å². The van der Waals surface area contributed by atoms with E-state index in [9.17, 15) is 14.6 Å². The van der Waals surface area contributed by atoms with E-state index in [0.717, 1.165) is 37.8 Å². The Balaban J connectivity index is 1.23. The van der Waals surface area contributed by atoms with Gasteiger partial charge >= 0.3 is 7.12 Å². The predicted octanol–water partition coefficient (Wildman–Crippen LogP) is 3.77. The topological polar surface area (TPSA) is 88.5 Å². The number of carbonyl (C=O) groups excluding carboxylic acids is 2. The van der Waals surface area contributed by atoms with E-state index in [0.29, 0.717) is 42.5 Å². The molecule has 0 spiro atoms. The first kappa shape index (κ1) is 22.7. The smallest absolute Gasteiger partial charge is 0.526 e. The fourth-order valence-corrected chi connectivity index (χ4v) is 4.97. The zero-order valence-corrected chi connectivity index (χ0v) is 18.6. The van der Waals surface area contributed by atoms with Gasteiger partial charge in [-0.15, -0.1) is 0 Å². The van der Waals surface area contributed by atoms with Gasteiger partial charge in [-0.3, -0.25) is 14.6 Å². The van der Waals surface area contributed by atoms with Crippen molar-refractivity contribution < 1.29 is 19.3 Å². The van der Waals surface area contributed by atoms with E-state index in [4.69, 9.17) is 4.65 Å². The summed E-state index contributed by atoms with van der Waals surface area (Å²) in [5, 5.41) is 14.1. The summed E-state index contributed by atoms with van der Waals surface area (Å²) in [5.41, 5.74) is 2.57.